The van der Waals surface area contributed by atoms with Crippen molar-refractivity contribution in [1.82, 2.24) is 5.32 Å². The van der Waals surface area contributed by atoms with Crippen LogP contribution in [0.5, 0.6) is 0 Å². The quantitative estimate of drug-likeness (QED) is 0.449. The molecule has 0 spiro atoms. The number of carbonyl (C=O) groups is 3. The Morgan fingerprint density at radius 1 is 1.07 bits per heavy atom. The first-order valence-electron chi connectivity index (χ1n) is 8.41. The summed E-state index contributed by atoms with van der Waals surface area (Å²) in [5.74, 6) is -0.765. The number of thiophene rings is 1. The van der Waals surface area contributed by atoms with Gasteiger partial charge in [0, 0.05) is 4.88 Å². The second-order valence-electron chi connectivity index (χ2n) is 6.61. The number of benzene rings is 1. The maximum absolute atomic E-state index is 12.4. The molecule has 7 nitrogen and oxygen atoms in total. The highest BCUT2D eigenvalue weighted by Gasteiger charge is 2.22. The molecule has 0 bridgehead atoms. The lowest BCUT2D eigenvalue weighted by Crippen LogP contribution is -2.33. The van der Waals surface area contributed by atoms with E-state index in [0.717, 1.165) is 5.56 Å². The molecule has 0 aliphatic carbocycles. The average Bonchev–Trinajstić information content (AvgIpc) is 3.11. The fourth-order valence-corrected chi connectivity index (χ4v) is 2.60. The van der Waals surface area contributed by atoms with E-state index in [0.29, 0.717) is 4.88 Å². The Morgan fingerprint density at radius 3 is 2.39 bits per heavy atom. The van der Waals surface area contributed by atoms with E-state index in [2.05, 4.69) is 10.1 Å². The molecular formula is C20H21NO6S. The summed E-state index contributed by atoms with van der Waals surface area (Å²) in [6.45, 7) is 4.93. The SMILES string of the molecule is CC(C)(C)OC(=O)OC(=O)N/C(=C\c1cccs1)C(=O)OCc1ccccc1. The van der Waals surface area contributed by atoms with Gasteiger partial charge in [-0.05, 0) is 43.9 Å². The van der Waals surface area contributed by atoms with Gasteiger partial charge < -0.3 is 14.2 Å². The van der Waals surface area contributed by atoms with Crippen molar-refractivity contribution >= 4 is 35.6 Å². The molecule has 0 fully saturated rings. The lowest BCUT2D eigenvalue weighted by molar-refractivity contribution is -0.140. The topological polar surface area (TPSA) is 90.9 Å². The smallest absolute Gasteiger partial charge is 0.456 e. The average molecular weight is 403 g/mol. The number of carbonyl (C=O) groups excluding carboxylic acids is 3. The highest BCUT2D eigenvalue weighted by atomic mass is 32.1. The minimum Gasteiger partial charge on any atom is -0.456 e. The summed E-state index contributed by atoms with van der Waals surface area (Å²) >= 11 is 1.36. The molecule has 0 saturated carbocycles. The van der Waals surface area contributed by atoms with E-state index in [1.54, 1.807) is 45.0 Å². The van der Waals surface area contributed by atoms with Gasteiger partial charge in [-0.15, -0.1) is 11.3 Å². The number of nitrogens with one attached hydrogen (secondary N) is 1. The van der Waals surface area contributed by atoms with Crippen molar-refractivity contribution in [3.05, 3.63) is 64.0 Å². The van der Waals surface area contributed by atoms with E-state index >= 15 is 0 Å². The predicted octanol–water partition coefficient (Wildman–Crippen LogP) is 4.49. The summed E-state index contributed by atoms with van der Waals surface area (Å²) in [4.78, 5) is 36.7. The largest absolute Gasteiger partial charge is 0.517 e. The third-order valence-corrected chi connectivity index (χ3v) is 3.88. The molecule has 0 radical (unpaired) electrons. The minimum atomic E-state index is -1.17. The molecule has 148 valence electrons. The van der Waals surface area contributed by atoms with E-state index in [4.69, 9.17) is 9.47 Å². The summed E-state index contributed by atoms with van der Waals surface area (Å²) in [6, 6.07) is 12.7. The molecular weight excluding hydrogens is 382 g/mol. The van der Waals surface area contributed by atoms with Gasteiger partial charge in [0.2, 0.25) is 0 Å². The van der Waals surface area contributed by atoms with Gasteiger partial charge in [-0.3, -0.25) is 5.32 Å². The van der Waals surface area contributed by atoms with Crippen molar-refractivity contribution in [2.45, 2.75) is 33.0 Å². The molecule has 0 atom stereocenters. The van der Waals surface area contributed by atoms with Crippen molar-refractivity contribution < 1.29 is 28.6 Å². The van der Waals surface area contributed by atoms with Crippen LogP contribution < -0.4 is 5.32 Å². The monoisotopic (exact) mass is 403 g/mol. The number of ether oxygens (including phenoxy) is 3. The number of rotatable bonds is 5. The van der Waals surface area contributed by atoms with Crippen LogP contribution in [-0.4, -0.2) is 23.8 Å². The molecule has 1 aromatic heterocycles. The number of alkyl carbamates (subject to hydrolysis) is 1. The number of esters is 1. The summed E-state index contributed by atoms with van der Waals surface area (Å²) in [6.07, 6.45) is -0.874. The van der Waals surface area contributed by atoms with Crippen molar-refractivity contribution in [3.8, 4) is 0 Å². The lowest BCUT2D eigenvalue weighted by atomic mass is 10.2. The van der Waals surface area contributed by atoms with Crippen LogP contribution in [0.15, 0.2) is 53.5 Å². The van der Waals surface area contributed by atoms with Crippen molar-refractivity contribution in [2.75, 3.05) is 0 Å². The lowest BCUT2D eigenvalue weighted by Gasteiger charge is -2.18. The van der Waals surface area contributed by atoms with Crippen molar-refractivity contribution in [3.63, 3.8) is 0 Å². The number of hydrogen-bond acceptors (Lipinski definition) is 7. The zero-order chi connectivity index (χ0) is 20.6. The first-order valence-corrected chi connectivity index (χ1v) is 9.29. The summed E-state index contributed by atoms with van der Waals surface area (Å²) < 4.78 is 14.7. The molecule has 0 unspecified atom stereocenters. The van der Waals surface area contributed by atoms with Gasteiger partial charge in [-0.2, -0.15) is 0 Å². The Balaban J connectivity index is 2.04. The molecule has 2 rings (SSSR count). The molecule has 0 aliphatic heterocycles. The second-order valence-corrected chi connectivity index (χ2v) is 7.59. The van der Waals surface area contributed by atoms with E-state index in [1.807, 2.05) is 23.6 Å². The zero-order valence-electron chi connectivity index (χ0n) is 15.8. The Labute approximate surface area is 166 Å². The molecule has 0 aliphatic rings. The molecule has 2 aromatic rings. The maximum Gasteiger partial charge on any atom is 0.517 e. The minimum absolute atomic E-state index is 0.0320. The van der Waals surface area contributed by atoms with E-state index in [9.17, 15) is 14.4 Å². The van der Waals surface area contributed by atoms with Gasteiger partial charge in [0.05, 0.1) is 0 Å². The van der Waals surface area contributed by atoms with E-state index < -0.39 is 23.8 Å². The fraction of sp³-hybridized carbons (Fsp3) is 0.250. The van der Waals surface area contributed by atoms with Gasteiger partial charge in [0.1, 0.15) is 17.9 Å². The second kappa shape index (κ2) is 9.70. The van der Waals surface area contributed by atoms with Gasteiger partial charge in [0.15, 0.2) is 0 Å². The predicted molar refractivity (Wildman–Crippen MR) is 104 cm³/mol. The van der Waals surface area contributed by atoms with Gasteiger partial charge >= 0.3 is 18.2 Å². The van der Waals surface area contributed by atoms with Crippen LogP contribution >= 0.6 is 11.3 Å². The van der Waals surface area contributed by atoms with Crippen LogP contribution in [0.1, 0.15) is 31.2 Å². The maximum atomic E-state index is 12.4. The first kappa shape index (κ1) is 21.2. The van der Waals surface area contributed by atoms with Crippen molar-refractivity contribution in [1.29, 1.82) is 0 Å². The highest BCUT2D eigenvalue weighted by molar-refractivity contribution is 7.10. The van der Waals surface area contributed by atoms with Crippen LogP contribution in [0.3, 0.4) is 0 Å². The van der Waals surface area contributed by atoms with Gasteiger partial charge in [-0.1, -0.05) is 36.4 Å². The number of hydrogen-bond donors (Lipinski definition) is 1. The summed E-state index contributed by atoms with van der Waals surface area (Å²) in [7, 11) is 0. The Hall–Kier alpha value is -3.13. The van der Waals surface area contributed by atoms with Crippen LogP contribution in [0, 0.1) is 0 Å². The molecule has 1 amide bonds. The van der Waals surface area contributed by atoms with Gasteiger partial charge in [0.25, 0.3) is 0 Å². The third kappa shape index (κ3) is 7.63. The van der Waals surface area contributed by atoms with Crippen LogP contribution in [0.4, 0.5) is 9.59 Å². The van der Waals surface area contributed by atoms with Crippen LogP contribution in [0.2, 0.25) is 0 Å². The molecule has 1 aromatic carbocycles. The summed E-state index contributed by atoms with van der Waals surface area (Å²) in [5, 5.41) is 4.06. The first-order chi connectivity index (χ1) is 13.2. The third-order valence-electron chi connectivity index (χ3n) is 3.06. The number of amides is 1. The van der Waals surface area contributed by atoms with E-state index in [1.165, 1.54) is 17.4 Å². The van der Waals surface area contributed by atoms with Crippen LogP contribution in [0.25, 0.3) is 6.08 Å². The Morgan fingerprint density at radius 2 is 1.79 bits per heavy atom. The molecule has 1 N–H and O–H groups in total. The molecule has 1 heterocycles. The van der Waals surface area contributed by atoms with Gasteiger partial charge in [-0.25, -0.2) is 14.4 Å². The standard InChI is InChI=1S/C20H21NO6S/c1-20(2,3)27-19(24)26-18(23)21-16(12-15-10-7-11-28-15)17(22)25-13-14-8-5-4-6-9-14/h4-12H,13H2,1-3H3,(H,21,23)/b16-12-. The molecule has 8 heteroatoms. The van der Waals surface area contributed by atoms with Crippen molar-refractivity contribution in [2.24, 2.45) is 0 Å². The zero-order valence-corrected chi connectivity index (χ0v) is 16.6. The highest BCUT2D eigenvalue weighted by Crippen LogP contribution is 2.14. The Bertz CT molecular complexity index is 837. The summed E-state index contributed by atoms with van der Waals surface area (Å²) in [5.41, 5.74) is -0.184. The normalized spacial score (nSPS) is 11.5. The Kier molecular flexibility index (Phi) is 7.34. The molecule has 28 heavy (non-hydrogen) atoms. The van der Waals surface area contributed by atoms with E-state index in [-0.39, 0.29) is 12.3 Å². The molecule has 0 saturated heterocycles. The van der Waals surface area contributed by atoms with Crippen LogP contribution in [-0.2, 0) is 25.6 Å². The fourth-order valence-electron chi connectivity index (χ4n) is 1.94.